The molecule has 1 aliphatic heterocycles. The molecule has 10 heteroatoms. The van der Waals surface area contributed by atoms with Gasteiger partial charge in [-0.15, -0.1) is 11.8 Å². The lowest BCUT2D eigenvalue weighted by Gasteiger charge is -2.25. The van der Waals surface area contributed by atoms with E-state index < -0.39 is 32.0 Å². The Morgan fingerprint density at radius 3 is 2.50 bits per heavy atom. The first-order valence-corrected chi connectivity index (χ1v) is 10.7. The van der Waals surface area contributed by atoms with Crippen molar-refractivity contribution in [1.82, 2.24) is 4.31 Å². The number of benzene rings is 2. The molecule has 28 heavy (non-hydrogen) atoms. The molecule has 1 aliphatic rings. The minimum Gasteiger partial charge on any atom is -0.497 e. The van der Waals surface area contributed by atoms with Gasteiger partial charge in [0.25, 0.3) is 0 Å². The van der Waals surface area contributed by atoms with Crippen molar-refractivity contribution in [1.29, 1.82) is 0 Å². The summed E-state index contributed by atoms with van der Waals surface area (Å²) >= 11 is 1.37. The molecular formula is C18H18F3NO4S2. The Labute approximate surface area is 165 Å². The fourth-order valence-corrected chi connectivity index (χ4v) is 6.24. The smallest absolute Gasteiger partial charge is 0.416 e. The Bertz CT molecular complexity index is 964. The Hall–Kier alpha value is -1.91. The van der Waals surface area contributed by atoms with E-state index in [2.05, 4.69) is 0 Å². The van der Waals surface area contributed by atoms with Crippen LogP contribution >= 0.6 is 11.8 Å². The minimum atomic E-state index is -4.62. The van der Waals surface area contributed by atoms with Crippen LogP contribution in [-0.4, -0.2) is 39.2 Å². The zero-order chi connectivity index (χ0) is 20.5. The number of halogens is 3. The lowest BCUT2D eigenvalue weighted by Crippen LogP contribution is -2.31. The van der Waals surface area contributed by atoms with Crippen LogP contribution in [0.2, 0.25) is 0 Å². The van der Waals surface area contributed by atoms with Gasteiger partial charge in [-0.1, -0.05) is 6.07 Å². The lowest BCUT2D eigenvalue weighted by atomic mass is 10.2. The molecule has 0 amide bonds. The van der Waals surface area contributed by atoms with Gasteiger partial charge in [0.1, 0.15) is 11.5 Å². The highest BCUT2D eigenvalue weighted by molar-refractivity contribution is 8.01. The van der Waals surface area contributed by atoms with Gasteiger partial charge in [0, 0.05) is 17.9 Å². The minimum absolute atomic E-state index is 0.175. The Morgan fingerprint density at radius 1 is 1.11 bits per heavy atom. The zero-order valence-corrected chi connectivity index (χ0v) is 16.7. The summed E-state index contributed by atoms with van der Waals surface area (Å²) in [5.74, 6) is 1.51. The maximum absolute atomic E-state index is 13.1. The van der Waals surface area contributed by atoms with E-state index >= 15 is 0 Å². The molecule has 3 rings (SSSR count). The van der Waals surface area contributed by atoms with Crippen LogP contribution in [0.3, 0.4) is 0 Å². The van der Waals surface area contributed by atoms with Crippen molar-refractivity contribution < 1.29 is 31.1 Å². The number of thioether (sulfide) groups is 1. The van der Waals surface area contributed by atoms with Gasteiger partial charge in [-0.05, 0) is 36.4 Å². The molecule has 1 atom stereocenters. The van der Waals surface area contributed by atoms with E-state index in [-0.39, 0.29) is 6.54 Å². The predicted octanol–water partition coefficient (Wildman–Crippen LogP) is 4.16. The molecule has 0 aliphatic carbocycles. The van der Waals surface area contributed by atoms with E-state index in [0.29, 0.717) is 28.9 Å². The highest BCUT2D eigenvalue weighted by Crippen LogP contribution is 2.46. The summed E-state index contributed by atoms with van der Waals surface area (Å²) in [5.41, 5.74) is -0.421. The van der Waals surface area contributed by atoms with Crippen LogP contribution in [0, 0.1) is 0 Å². The second-order valence-corrected chi connectivity index (χ2v) is 9.05. The van der Waals surface area contributed by atoms with Crippen molar-refractivity contribution in [2.24, 2.45) is 0 Å². The Kier molecular flexibility index (Phi) is 5.83. The summed E-state index contributed by atoms with van der Waals surface area (Å²) in [7, 11) is -1.19. The molecule has 152 valence electrons. The van der Waals surface area contributed by atoms with Crippen LogP contribution in [0.25, 0.3) is 0 Å². The highest BCUT2D eigenvalue weighted by atomic mass is 32.2. The highest BCUT2D eigenvalue weighted by Gasteiger charge is 2.39. The van der Waals surface area contributed by atoms with E-state index in [4.69, 9.17) is 9.47 Å². The Balaban J connectivity index is 2.03. The molecule has 0 bridgehead atoms. The van der Waals surface area contributed by atoms with Crippen molar-refractivity contribution in [3.63, 3.8) is 0 Å². The summed E-state index contributed by atoms with van der Waals surface area (Å²) in [4.78, 5) is -0.392. The maximum Gasteiger partial charge on any atom is 0.416 e. The first kappa shape index (κ1) is 20.8. The standard InChI is InChI=1S/C18H18F3NO4S2/c1-25-13-6-7-16(26-2)15(11-13)17-22(8-9-27-17)28(23,24)14-5-3-4-12(10-14)18(19,20)21/h3-7,10-11,17H,8-9H2,1-2H3/t17-/m1/s1. The summed E-state index contributed by atoms with van der Waals surface area (Å²) in [5, 5.41) is -0.635. The zero-order valence-electron chi connectivity index (χ0n) is 15.1. The van der Waals surface area contributed by atoms with Gasteiger partial charge in [0.15, 0.2) is 0 Å². The second kappa shape index (κ2) is 7.84. The van der Waals surface area contributed by atoms with Gasteiger partial charge >= 0.3 is 6.18 Å². The van der Waals surface area contributed by atoms with Gasteiger partial charge in [0.05, 0.1) is 30.1 Å². The molecule has 0 N–H and O–H groups in total. The quantitative estimate of drug-likeness (QED) is 0.709. The van der Waals surface area contributed by atoms with Gasteiger partial charge in [-0.3, -0.25) is 0 Å². The third kappa shape index (κ3) is 3.94. The summed E-state index contributed by atoms with van der Waals surface area (Å²) in [6.07, 6.45) is -4.62. The third-order valence-corrected chi connectivity index (χ3v) is 7.56. The molecular weight excluding hydrogens is 415 g/mol. The topological polar surface area (TPSA) is 55.8 Å². The van der Waals surface area contributed by atoms with E-state index in [1.807, 2.05) is 0 Å². The SMILES string of the molecule is COc1ccc(OC)c([C@H]2SCCN2S(=O)(=O)c2cccc(C(F)(F)F)c2)c1. The van der Waals surface area contributed by atoms with Crippen molar-refractivity contribution in [2.75, 3.05) is 26.5 Å². The summed E-state index contributed by atoms with van der Waals surface area (Å²) < 4.78 is 77.1. The molecule has 1 fully saturated rings. The van der Waals surface area contributed by atoms with Crippen LogP contribution < -0.4 is 9.47 Å². The average molecular weight is 433 g/mol. The molecule has 1 heterocycles. The van der Waals surface area contributed by atoms with Gasteiger partial charge in [0.2, 0.25) is 10.0 Å². The maximum atomic E-state index is 13.1. The molecule has 0 saturated carbocycles. The predicted molar refractivity (Wildman–Crippen MR) is 100 cm³/mol. The number of sulfonamides is 1. The fraction of sp³-hybridized carbons (Fsp3) is 0.333. The monoisotopic (exact) mass is 433 g/mol. The van der Waals surface area contributed by atoms with Crippen LogP contribution in [0.5, 0.6) is 11.5 Å². The normalized spacial score (nSPS) is 18.2. The average Bonchev–Trinajstić information content (AvgIpc) is 3.17. The van der Waals surface area contributed by atoms with Crippen molar-refractivity contribution in [3.8, 4) is 11.5 Å². The van der Waals surface area contributed by atoms with Crippen molar-refractivity contribution >= 4 is 21.8 Å². The lowest BCUT2D eigenvalue weighted by molar-refractivity contribution is -0.137. The molecule has 5 nitrogen and oxygen atoms in total. The van der Waals surface area contributed by atoms with Gasteiger partial charge in [-0.2, -0.15) is 17.5 Å². The van der Waals surface area contributed by atoms with E-state index in [1.165, 1.54) is 36.4 Å². The first-order chi connectivity index (χ1) is 13.2. The number of hydrogen-bond acceptors (Lipinski definition) is 5. The van der Waals surface area contributed by atoms with Crippen LogP contribution in [-0.2, 0) is 16.2 Å². The van der Waals surface area contributed by atoms with Crippen LogP contribution in [0.15, 0.2) is 47.4 Å². The number of nitrogens with zero attached hydrogens (tertiary/aromatic N) is 1. The van der Waals surface area contributed by atoms with E-state index in [0.717, 1.165) is 12.1 Å². The molecule has 0 aromatic heterocycles. The largest absolute Gasteiger partial charge is 0.497 e. The summed E-state index contributed by atoms with van der Waals surface area (Å²) in [6, 6.07) is 8.82. The number of ether oxygens (including phenoxy) is 2. The number of hydrogen-bond donors (Lipinski definition) is 0. The van der Waals surface area contributed by atoms with E-state index in [9.17, 15) is 21.6 Å². The molecule has 2 aromatic rings. The molecule has 2 aromatic carbocycles. The molecule has 0 unspecified atom stereocenters. The van der Waals surface area contributed by atoms with Gasteiger partial charge in [-0.25, -0.2) is 8.42 Å². The summed E-state index contributed by atoms with van der Waals surface area (Å²) in [6.45, 7) is 0.175. The van der Waals surface area contributed by atoms with Gasteiger partial charge < -0.3 is 9.47 Å². The molecule has 1 saturated heterocycles. The fourth-order valence-electron chi connectivity index (χ4n) is 2.95. The van der Waals surface area contributed by atoms with Crippen LogP contribution in [0.1, 0.15) is 16.5 Å². The van der Waals surface area contributed by atoms with Crippen LogP contribution in [0.4, 0.5) is 13.2 Å². The number of methoxy groups -OCH3 is 2. The first-order valence-electron chi connectivity index (χ1n) is 8.21. The van der Waals surface area contributed by atoms with E-state index in [1.54, 1.807) is 18.2 Å². The molecule has 0 radical (unpaired) electrons. The van der Waals surface area contributed by atoms with Crippen molar-refractivity contribution in [3.05, 3.63) is 53.6 Å². The third-order valence-electron chi connectivity index (χ3n) is 4.32. The number of alkyl halides is 3. The second-order valence-electron chi connectivity index (χ2n) is 5.97. The number of rotatable bonds is 5. The molecule has 0 spiro atoms. The van der Waals surface area contributed by atoms with Crippen molar-refractivity contribution in [2.45, 2.75) is 16.4 Å². The Morgan fingerprint density at radius 2 is 1.86 bits per heavy atom.